The van der Waals surface area contributed by atoms with E-state index in [9.17, 15) is 28.8 Å². The van der Waals surface area contributed by atoms with Gasteiger partial charge in [-0.05, 0) is 117 Å². The maximum Gasteiger partial charge on any atom is 0.407 e. The van der Waals surface area contributed by atoms with Gasteiger partial charge < -0.3 is 40.2 Å². The summed E-state index contributed by atoms with van der Waals surface area (Å²) in [5, 5.41) is 14.9. The lowest BCUT2D eigenvalue weighted by Crippen LogP contribution is -2.56. The molecular weight excluding hydrogens is 999 g/mol. The number of ether oxygens (including phenoxy) is 4. The Morgan fingerprint density at radius 2 is 1.05 bits per heavy atom. The molecule has 0 spiro atoms. The van der Waals surface area contributed by atoms with Gasteiger partial charge in [-0.15, -0.1) is 0 Å². The topological polar surface area (TPSA) is 199 Å². The molecule has 0 heterocycles. The van der Waals surface area contributed by atoms with Crippen molar-refractivity contribution in [2.75, 3.05) is 26.8 Å². The van der Waals surface area contributed by atoms with Crippen LogP contribution in [0, 0.1) is 6.92 Å². The van der Waals surface area contributed by atoms with Crippen molar-refractivity contribution in [1.82, 2.24) is 26.6 Å². The molecule has 7 rings (SSSR count). The van der Waals surface area contributed by atoms with Gasteiger partial charge in [0.1, 0.15) is 36.9 Å². The molecule has 0 aliphatic heterocycles. The lowest BCUT2D eigenvalue weighted by atomic mass is 9.76. The minimum absolute atomic E-state index is 0.00673. The van der Waals surface area contributed by atoms with E-state index in [1.54, 1.807) is 20.8 Å². The summed E-state index contributed by atoms with van der Waals surface area (Å²) in [5.41, 5.74) is 7.45. The average molecular weight is 1070 g/mol. The highest BCUT2D eigenvalue weighted by molar-refractivity contribution is 5.93. The van der Waals surface area contributed by atoms with Gasteiger partial charge in [-0.3, -0.25) is 19.7 Å². The van der Waals surface area contributed by atoms with Crippen molar-refractivity contribution in [1.29, 1.82) is 0 Å². The van der Waals surface area contributed by atoms with Crippen molar-refractivity contribution in [2.45, 2.75) is 114 Å². The second kappa shape index (κ2) is 28.4. The highest BCUT2D eigenvalue weighted by atomic mass is 16.6. The molecule has 79 heavy (non-hydrogen) atoms. The number of amides is 4. The smallest absolute Gasteiger partial charge is 0.407 e. The van der Waals surface area contributed by atoms with E-state index < -0.39 is 65.2 Å². The van der Waals surface area contributed by atoms with E-state index >= 15 is 0 Å². The molecule has 1 aliphatic rings. The van der Waals surface area contributed by atoms with Crippen LogP contribution in [-0.4, -0.2) is 86.5 Å². The fourth-order valence-corrected chi connectivity index (χ4v) is 9.92. The van der Waals surface area contributed by atoms with Gasteiger partial charge in [0.15, 0.2) is 0 Å². The summed E-state index contributed by atoms with van der Waals surface area (Å²) in [6.07, 6.45) is -0.512. The summed E-state index contributed by atoms with van der Waals surface area (Å²) >= 11 is 0. The summed E-state index contributed by atoms with van der Waals surface area (Å²) in [6, 6.07) is 50.1. The summed E-state index contributed by atoms with van der Waals surface area (Å²) in [6.45, 7) is 7.91. The molecule has 0 fully saturated rings. The third-order valence-electron chi connectivity index (χ3n) is 13.8. The van der Waals surface area contributed by atoms with Crippen molar-refractivity contribution in [2.24, 2.45) is 0 Å². The zero-order chi connectivity index (χ0) is 56.2. The molecule has 0 unspecified atom stereocenters. The predicted octanol–water partition coefficient (Wildman–Crippen LogP) is 9.93. The van der Waals surface area contributed by atoms with Gasteiger partial charge in [-0.25, -0.2) is 14.4 Å². The molecule has 0 aromatic heterocycles. The molecule has 5 N–H and O–H groups in total. The number of nitrogens with one attached hydrogen (secondary N) is 5. The van der Waals surface area contributed by atoms with Gasteiger partial charge in [-0.1, -0.05) is 169 Å². The molecule has 4 amide bonds. The first-order chi connectivity index (χ1) is 38.1. The standard InChI is InChI=1S/C64H73N5O10/c1-44-34-36-48(37-35-44)64(46-24-11-7-12-25-46,47-26-13-8-14-27-47)66-41-21-33-54(69-62(75)78-43-53-51-30-17-15-28-49(51)50-29-16-18-31-52(50)53)58(71)67-55(38-39-57(70)79-63(2,3)4)59(72)68-56(60(73)76-5)32-19-20-40-65-61(74)77-42-45-22-9-6-10-23-45/h6-18,22-31,34-37,53-56,66H,19-21,32-33,38-43H2,1-5H3,(H,65,74)(H,67,71)(H,68,72)(H,69,75)/t54-,55-,56-/m0/s1. The number of methoxy groups -OCH3 is 1. The fourth-order valence-electron chi connectivity index (χ4n) is 9.92. The van der Waals surface area contributed by atoms with Crippen molar-refractivity contribution >= 4 is 35.9 Å². The first-order valence-corrected chi connectivity index (χ1v) is 27.0. The zero-order valence-corrected chi connectivity index (χ0v) is 45.8. The molecule has 6 aromatic rings. The number of hydrogen-bond acceptors (Lipinski definition) is 11. The number of carbonyl (C=O) groups excluding carboxylic acids is 6. The van der Waals surface area contributed by atoms with Crippen LogP contribution in [0.4, 0.5) is 9.59 Å². The number of esters is 2. The number of unbranched alkanes of at least 4 members (excludes halogenated alkanes) is 1. The lowest BCUT2D eigenvalue weighted by Gasteiger charge is -2.37. The number of hydrogen-bond donors (Lipinski definition) is 5. The molecule has 0 radical (unpaired) electrons. The normalized spacial score (nSPS) is 13.1. The van der Waals surface area contributed by atoms with Crippen LogP contribution in [0.1, 0.15) is 111 Å². The highest BCUT2D eigenvalue weighted by Crippen LogP contribution is 2.44. The minimum atomic E-state index is -1.37. The van der Waals surface area contributed by atoms with E-state index in [1.807, 2.05) is 122 Å². The molecular formula is C64H73N5O10. The van der Waals surface area contributed by atoms with Crippen molar-refractivity contribution in [3.63, 3.8) is 0 Å². The van der Waals surface area contributed by atoms with Crippen molar-refractivity contribution < 1.29 is 47.7 Å². The molecule has 15 nitrogen and oxygen atoms in total. The number of aryl methyl sites for hydroxylation is 1. The average Bonchev–Trinajstić information content (AvgIpc) is 4.02. The Hall–Kier alpha value is -8.30. The summed E-state index contributed by atoms with van der Waals surface area (Å²) in [7, 11) is 1.20. The van der Waals surface area contributed by atoms with Crippen LogP contribution in [0.3, 0.4) is 0 Å². The Kier molecular flexibility index (Phi) is 21.0. The second-order valence-corrected chi connectivity index (χ2v) is 20.7. The SMILES string of the molecule is COC(=O)[C@H](CCCCNC(=O)OCc1ccccc1)NC(=O)[C@H](CCC(=O)OC(C)(C)C)NC(=O)[C@H](CCCNC(c1ccccc1)(c1ccccc1)c1ccc(C)cc1)NC(=O)OCC1c2ccccc2-c2ccccc21. The lowest BCUT2D eigenvalue weighted by molar-refractivity contribution is -0.155. The van der Waals surface area contributed by atoms with Crippen LogP contribution < -0.4 is 26.6 Å². The van der Waals surface area contributed by atoms with Gasteiger partial charge in [0.25, 0.3) is 0 Å². The molecule has 1 aliphatic carbocycles. The predicted molar refractivity (Wildman–Crippen MR) is 303 cm³/mol. The molecule has 3 atom stereocenters. The van der Waals surface area contributed by atoms with E-state index in [-0.39, 0.29) is 51.4 Å². The Bertz CT molecular complexity index is 2880. The van der Waals surface area contributed by atoms with Gasteiger partial charge in [0.05, 0.1) is 12.6 Å². The Balaban J connectivity index is 1.09. The first kappa shape index (κ1) is 58.4. The van der Waals surface area contributed by atoms with Gasteiger partial charge in [0.2, 0.25) is 11.8 Å². The third kappa shape index (κ3) is 16.4. The second-order valence-electron chi connectivity index (χ2n) is 20.7. The Labute approximate surface area is 463 Å². The minimum Gasteiger partial charge on any atom is -0.467 e. The van der Waals surface area contributed by atoms with Gasteiger partial charge in [-0.2, -0.15) is 0 Å². The number of alkyl carbamates (subject to hydrolysis) is 2. The van der Waals surface area contributed by atoms with E-state index in [1.165, 1.54) is 7.11 Å². The maximum atomic E-state index is 14.8. The number of rotatable bonds is 26. The summed E-state index contributed by atoms with van der Waals surface area (Å²) < 4.78 is 21.9. The summed E-state index contributed by atoms with van der Waals surface area (Å²) in [4.78, 5) is 81.9. The van der Waals surface area contributed by atoms with Crippen LogP contribution >= 0.6 is 0 Å². The van der Waals surface area contributed by atoms with E-state index in [0.717, 1.165) is 50.1 Å². The molecule has 414 valence electrons. The number of benzene rings is 6. The Morgan fingerprint density at radius 3 is 1.63 bits per heavy atom. The van der Waals surface area contributed by atoms with Gasteiger partial charge >= 0.3 is 24.1 Å². The molecule has 0 bridgehead atoms. The zero-order valence-electron chi connectivity index (χ0n) is 45.8. The molecule has 0 saturated carbocycles. The first-order valence-electron chi connectivity index (χ1n) is 27.0. The van der Waals surface area contributed by atoms with Crippen LogP contribution in [0.2, 0.25) is 0 Å². The Morgan fingerprint density at radius 1 is 0.532 bits per heavy atom. The third-order valence-corrected chi connectivity index (χ3v) is 13.8. The van der Waals surface area contributed by atoms with Crippen molar-refractivity contribution in [3.05, 3.63) is 203 Å². The maximum absolute atomic E-state index is 14.8. The number of carbonyl (C=O) groups is 6. The van der Waals surface area contributed by atoms with Gasteiger partial charge in [0, 0.05) is 18.9 Å². The highest BCUT2D eigenvalue weighted by Gasteiger charge is 2.37. The molecule has 15 heteroatoms. The van der Waals surface area contributed by atoms with E-state index in [0.29, 0.717) is 25.8 Å². The summed E-state index contributed by atoms with van der Waals surface area (Å²) in [5.74, 6) is -3.05. The molecule has 0 saturated heterocycles. The monoisotopic (exact) mass is 1070 g/mol. The number of fused-ring (bicyclic) bond motifs is 3. The quantitative estimate of drug-likeness (QED) is 0.0150. The molecule has 6 aromatic carbocycles. The van der Waals surface area contributed by atoms with Crippen molar-refractivity contribution in [3.8, 4) is 11.1 Å². The fraction of sp³-hybridized carbons (Fsp3) is 0.344. The van der Waals surface area contributed by atoms with Crippen LogP contribution in [0.15, 0.2) is 164 Å². The van der Waals surface area contributed by atoms with E-state index in [4.69, 9.17) is 18.9 Å². The van der Waals surface area contributed by atoms with E-state index in [2.05, 4.69) is 75.1 Å². The largest absolute Gasteiger partial charge is 0.467 e. The van der Waals surface area contributed by atoms with Crippen LogP contribution in [0.5, 0.6) is 0 Å². The van der Waals surface area contributed by atoms with Crippen LogP contribution in [-0.2, 0) is 50.3 Å². The van der Waals surface area contributed by atoms with Crippen LogP contribution in [0.25, 0.3) is 11.1 Å².